The van der Waals surface area contributed by atoms with Crippen molar-refractivity contribution < 1.29 is 14.4 Å². The number of likely N-dealkylation sites (tertiary alicyclic amines) is 1. The first-order valence-electron chi connectivity index (χ1n) is 9.36. The van der Waals surface area contributed by atoms with Gasteiger partial charge in [-0.15, -0.1) is 0 Å². The van der Waals surface area contributed by atoms with Crippen molar-refractivity contribution in [1.82, 2.24) is 4.90 Å². The molecule has 0 radical (unpaired) electrons. The summed E-state index contributed by atoms with van der Waals surface area (Å²) < 4.78 is 0. The lowest BCUT2D eigenvalue weighted by molar-refractivity contribution is -0.142. The van der Waals surface area contributed by atoms with Crippen LogP contribution in [0.2, 0.25) is 0 Å². The third kappa shape index (κ3) is 2.12. The molecule has 0 unspecified atom stereocenters. The smallest absolute Gasteiger partial charge is 0.244 e. The van der Waals surface area contributed by atoms with E-state index in [0.29, 0.717) is 11.8 Å². The lowest BCUT2D eigenvalue weighted by Gasteiger charge is -2.37. The summed E-state index contributed by atoms with van der Waals surface area (Å²) in [5, 5.41) is 2.86. The Bertz CT molecular complexity index is 838. The molecule has 134 valence electrons. The summed E-state index contributed by atoms with van der Waals surface area (Å²) >= 11 is 0. The summed E-state index contributed by atoms with van der Waals surface area (Å²) in [6, 6.07) is 5.83. The molecule has 6 atom stereocenters. The fraction of sp³-hybridized carbons (Fsp3) is 0.476. The number of nitrogens with zero attached hydrogens (tertiary/aromatic N) is 1. The summed E-state index contributed by atoms with van der Waals surface area (Å²) in [5.74, 6) is 0.436. The number of rotatable bonds is 3. The van der Waals surface area contributed by atoms with Crippen LogP contribution in [0.4, 0.5) is 5.69 Å². The first kappa shape index (κ1) is 15.8. The van der Waals surface area contributed by atoms with Crippen LogP contribution in [0.25, 0.3) is 0 Å². The second-order valence-electron chi connectivity index (χ2n) is 8.28. The van der Waals surface area contributed by atoms with Gasteiger partial charge in [-0.25, -0.2) is 0 Å². The molecule has 2 bridgehead atoms. The largest absolute Gasteiger partial charge is 0.324 e. The maximum atomic E-state index is 12.9. The standard InChI is InChI=1S/C21H22N2O3/c1-10-3-4-11(2)16(7-10)22-17(24)9-23-20(25)18-12-5-6-13(15-8-14(12)15)19(18)21(23)26/h3-7,12-15,18-19H,8-9H2,1-2H3,(H,22,24)/t12-,13-,14-,15-,18+,19+/m1/s1. The van der Waals surface area contributed by atoms with E-state index in [1.165, 1.54) is 4.90 Å². The van der Waals surface area contributed by atoms with Crippen molar-refractivity contribution >= 4 is 23.4 Å². The normalized spacial score (nSPS) is 36.2. The third-order valence-corrected chi connectivity index (χ3v) is 6.72. The van der Waals surface area contributed by atoms with Gasteiger partial charge >= 0.3 is 0 Å². The maximum Gasteiger partial charge on any atom is 0.244 e. The molecule has 0 spiro atoms. The monoisotopic (exact) mass is 350 g/mol. The van der Waals surface area contributed by atoms with Gasteiger partial charge in [0.05, 0.1) is 11.8 Å². The second kappa shape index (κ2) is 5.29. The van der Waals surface area contributed by atoms with E-state index in [9.17, 15) is 14.4 Å². The number of benzene rings is 1. The van der Waals surface area contributed by atoms with Gasteiger partial charge in [0.15, 0.2) is 0 Å². The minimum absolute atomic E-state index is 0.152. The number of nitrogens with one attached hydrogen (secondary N) is 1. The first-order chi connectivity index (χ1) is 12.5. The van der Waals surface area contributed by atoms with Gasteiger partial charge in [0.2, 0.25) is 17.7 Å². The minimum atomic E-state index is -0.315. The molecular formula is C21H22N2O3. The van der Waals surface area contributed by atoms with Gasteiger partial charge in [-0.1, -0.05) is 24.3 Å². The number of imide groups is 1. The van der Waals surface area contributed by atoms with Crippen molar-refractivity contribution in [2.24, 2.45) is 35.5 Å². The predicted octanol–water partition coefficient (Wildman–Crippen LogP) is 2.30. The zero-order valence-electron chi connectivity index (χ0n) is 14.9. The van der Waals surface area contributed by atoms with Crippen molar-refractivity contribution in [3.63, 3.8) is 0 Å². The van der Waals surface area contributed by atoms with Gasteiger partial charge in [-0.05, 0) is 61.1 Å². The highest BCUT2D eigenvalue weighted by Crippen LogP contribution is 2.65. The van der Waals surface area contributed by atoms with Gasteiger partial charge in [-0.2, -0.15) is 0 Å². The van der Waals surface area contributed by atoms with Crippen molar-refractivity contribution in [3.8, 4) is 0 Å². The van der Waals surface area contributed by atoms with Crippen LogP contribution >= 0.6 is 0 Å². The van der Waals surface area contributed by atoms with E-state index in [0.717, 1.165) is 23.2 Å². The molecule has 5 aliphatic rings. The SMILES string of the molecule is Cc1ccc(C)c(NC(=O)CN2C(=O)[C@H]3[C@@H]4C=C[C@H]([C@H]5C[C@H]45)[C@@H]3C2=O)c1. The molecule has 0 aromatic heterocycles. The first-order valence-corrected chi connectivity index (χ1v) is 9.36. The van der Waals surface area contributed by atoms with Crippen molar-refractivity contribution in [2.45, 2.75) is 20.3 Å². The van der Waals surface area contributed by atoms with Gasteiger partial charge < -0.3 is 5.32 Å². The summed E-state index contributed by atoms with van der Waals surface area (Å²) in [5.41, 5.74) is 2.74. The molecule has 4 aliphatic carbocycles. The third-order valence-electron chi connectivity index (χ3n) is 6.72. The molecule has 2 saturated carbocycles. The number of hydrogen-bond acceptors (Lipinski definition) is 3. The van der Waals surface area contributed by atoms with E-state index in [-0.39, 0.29) is 47.9 Å². The van der Waals surface area contributed by atoms with Crippen LogP contribution in [0.3, 0.4) is 0 Å². The minimum Gasteiger partial charge on any atom is -0.324 e. The Balaban J connectivity index is 1.34. The van der Waals surface area contributed by atoms with E-state index in [4.69, 9.17) is 0 Å². The van der Waals surface area contributed by atoms with Crippen LogP contribution in [0, 0.1) is 49.4 Å². The number of anilines is 1. The highest BCUT2D eigenvalue weighted by molar-refractivity contribution is 6.09. The number of allylic oxidation sites excluding steroid dienone is 2. The number of amides is 3. The number of carbonyl (C=O) groups excluding carboxylic acids is 3. The van der Waals surface area contributed by atoms with E-state index in [1.54, 1.807) is 0 Å². The van der Waals surface area contributed by atoms with Gasteiger partial charge in [-0.3, -0.25) is 19.3 Å². The van der Waals surface area contributed by atoms with Crippen LogP contribution in [-0.2, 0) is 14.4 Å². The molecule has 1 heterocycles. The fourth-order valence-corrected chi connectivity index (χ4v) is 5.38. The quantitative estimate of drug-likeness (QED) is 0.672. The Labute approximate surface area is 152 Å². The van der Waals surface area contributed by atoms with Gasteiger partial charge in [0.25, 0.3) is 0 Å². The van der Waals surface area contributed by atoms with E-state index < -0.39 is 0 Å². The maximum absolute atomic E-state index is 12.9. The average Bonchev–Trinajstić information content (AvgIpc) is 3.39. The van der Waals surface area contributed by atoms with E-state index in [2.05, 4.69) is 17.5 Å². The Morgan fingerprint density at radius 1 is 1.08 bits per heavy atom. The zero-order chi connectivity index (χ0) is 18.2. The van der Waals surface area contributed by atoms with E-state index >= 15 is 0 Å². The molecule has 1 N–H and O–H groups in total. The highest BCUT2D eigenvalue weighted by atomic mass is 16.2. The molecule has 6 rings (SSSR count). The van der Waals surface area contributed by atoms with Crippen molar-refractivity contribution in [1.29, 1.82) is 0 Å². The fourth-order valence-electron chi connectivity index (χ4n) is 5.38. The lowest BCUT2D eigenvalue weighted by Crippen LogP contribution is -2.40. The molecule has 3 fully saturated rings. The Morgan fingerprint density at radius 3 is 2.31 bits per heavy atom. The van der Waals surface area contributed by atoms with Crippen LogP contribution < -0.4 is 5.32 Å². The summed E-state index contributed by atoms with van der Waals surface area (Å²) in [6.45, 7) is 3.69. The van der Waals surface area contributed by atoms with Crippen LogP contribution in [0.15, 0.2) is 30.4 Å². The van der Waals surface area contributed by atoms with E-state index in [1.807, 2.05) is 32.0 Å². The Morgan fingerprint density at radius 2 is 1.69 bits per heavy atom. The molecule has 1 aliphatic heterocycles. The molecule has 1 aromatic rings. The zero-order valence-corrected chi connectivity index (χ0v) is 14.9. The molecule has 5 heteroatoms. The topological polar surface area (TPSA) is 66.5 Å². The summed E-state index contributed by atoms with van der Waals surface area (Å²) in [4.78, 5) is 39.5. The van der Waals surface area contributed by atoms with Crippen LogP contribution in [0.5, 0.6) is 0 Å². The molecule has 5 nitrogen and oxygen atoms in total. The molecule has 3 amide bonds. The Hall–Kier alpha value is -2.43. The van der Waals surface area contributed by atoms with Crippen molar-refractivity contribution in [2.75, 3.05) is 11.9 Å². The number of carbonyl (C=O) groups is 3. The molecule has 1 saturated heterocycles. The Kier molecular flexibility index (Phi) is 3.21. The van der Waals surface area contributed by atoms with Crippen LogP contribution in [-0.4, -0.2) is 29.2 Å². The number of hydrogen-bond donors (Lipinski definition) is 1. The number of aryl methyl sites for hydroxylation is 2. The second-order valence-corrected chi connectivity index (χ2v) is 8.28. The molecular weight excluding hydrogens is 328 g/mol. The molecule has 1 aromatic carbocycles. The lowest BCUT2D eigenvalue weighted by atomic mass is 9.63. The summed E-state index contributed by atoms with van der Waals surface area (Å²) in [7, 11) is 0. The van der Waals surface area contributed by atoms with Crippen LogP contribution in [0.1, 0.15) is 17.5 Å². The average molecular weight is 350 g/mol. The predicted molar refractivity (Wildman–Crippen MR) is 96.0 cm³/mol. The van der Waals surface area contributed by atoms with Crippen molar-refractivity contribution in [3.05, 3.63) is 41.5 Å². The van der Waals surface area contributed by atoms with Gasteiger partial charge in [0.1, 0.15) is 6.54 Å². The highest BCUT2D eigenvalue weighted by Gasteiger charge is 2.67. The molecule has 26 heavy (non-hydrogen) atoms. The van der Waals surface area contributed by atoms with Gasteiger partial charge in [0, 0.05) is 5.69 Å². The summed E-state index contributed by atoms with van der Waals surface area (Å²) in [6.07, 6.45) is 5.43.